The number of aliphatic carboxylic acids is 1. The van der Waals surface area contributed by atoms with Crippen LogP contribution in [0.3, 0.4) is 0 Å². The number of allylic oxidation sites excluding steroid dienone is 1. The Kier molecular flexibility index (Phi) is 5.14. The van der Waals surface area contributed by atoms with Crippen LogP contribution in [-0.4, -0.2) is 32.7 Å². The second-order valence-electron chi connectivity index (χ2n) is 4.60. The number of hydrogen-bond donors (Lipinski definition) is 1. The Morgan fingerprint density at radius 2 is 2.00 bits per heavy atom. The lowest BCUT2D eigenvalue weighted by atomic mass is 10.0. The van der Waals surface area contributed by atoms with Gasteiger partial charge in [0.2, 0.25) is 0 Å². The number of carbonyl (C=O) groups is 2. The fourth-order valence-electron chi connectivity index (χ4n) is 2.09. The normalized spacial score (nSPS) is 17.3. The summed E-state index contributed by atoms with van der Waals surface area (Å²) in [6.07, 6.45) is 1.40. The van der Waals surface area contributed by atoms with Gasteiger partial charge in [-0.25, -0.2) is 0 Å². The van der Waals surface area contributed by atoms with Crippen LogP contribution in [0, 0.1) is 0 Å². The van der Waals surface area contributed by atoms with E-state index in [1.54, 1.807) is 0 Å². The van der Waals surface area contributed by atoms with Crippen molar-refractivity contribution in [2.24, 2.45) is 0 Å². The largest absolute Gasteiger partial charge is 0.480 e. The van der Waals surface area contributed by atoms with Crippen LogP contribution < -0.4 is 0 Å². The minimum Gasteiger partial charge on any atom is -0.480 e. The Morgan fingerprint density at radius 3 is 2.57 bits per heavy atom. The zero-order valence-corrected chi connectivity index (χ0v) is 13.2. The molecule has 1 aromatic carbocycles. The van der Waals surface area contributed by atoms with Gasteiger partial charge in [0.05, 0.1) is 4.91 Å². The number of thiocarbonyl (C=S) groups is 1. The SMILES string of the molecule is CC/C(Cc1ccccc1)=C1/SC(=S)N(CC(=O)O)C1=O. The summed E-state index contributed by atoms with van der Waals surface area (Å²) in [6, 6.07) is 9.87. The van der Waals surface area contributed by atoms with Gasteiger partial charge in [-0.15, -0.1) is 0 Å². The van der Waals surface area contributed by atoms with Crippen LogP contribution in [-0.2, 0) is 16.0 Å². The average Bonchev–Trinajstić information content (AvgIpc) is 2.73. The highest BCUT2D eigenvalue weighted by Gasteiger charge is 2.34. The molecular weight excluding hydrogens is 306 g/mol. The smallest absolute Gasteiger partial charge is 0.323 e. The monoisotopic (exact) mass is 321 g/mol. The minimum absolute atomic E-state index is 0.291. The highest BCUT2D eigenvalue weighted by Crippen LogP contribution is 2.35. The zero-order chi connectivity index (χ0) is 15.4. The third-order valence-electron chi connectivity index (χ3n) is 3.15. The number of rotatable bonds is 5. The summed E-state index contributed by atoms with van der Waals surface area (Å²) in [4.78, 5) is 24.9. The molecule has 1 aliphatic heterocycles. The molecule has 2 rings (SSSR count). The summed E-state index contributed by atoms with van der Waals surface area (Å²) >= 11 is 6.32. The third-order valence-corrected chi connectivity index (χ3v) is 4.68. The van der Waals surface area contributed by atoms with Gasteiger partial charge in [-0.1, -0.05) is 61.2 Å². The van der Waals surface area contributed by atoms with E-state index in [1.165, 1.54) is 11.8 Å². The van der Waals surface area contributed by atoms with E-state index in [1.807, 2.05) is 37.3 Å². The summed E-state index contributed by atoms with van der Waals surface area (Å²) < 4.78 is 0.316. The van der Waals surface area contributed by atoms with Gasteiger partial charge in [-0.05, 0) is 24.0 Å². The van der Waals surface area contributed by atoms with Gasteiger partial charge in [-0.2, -0.15) is 0 Å². The number of thioether (sulfide) groups is 1. The molecule has 0 atom stereocenters. The van der Waals surface area contributed by atoms with Gasteiger partial charge in [0.1, 0.15) is 10.9 Å². The highest BCUT2D eigenvalue weighted by atomic mass is 32.2. The molecule has 110 valence electrons. The third kappa shape index (κ3) is 3.71. The summed E-state index contributed by atoms with van der Waals surface area (Å²) in [7, 11) is 0. The van der Waals surface area contributed by atoms with Crippen LogP contribution in [0.25, 0.3) is 0 Å². The van der Waals surface area contributed by atoms with E-state index in [2.05, 4.69) is 0 Å². The van der Waals surface area contributed by atoms with Gasteiger partial charge < -0.3 is 5.11 Å². The van der Waals surface area contributed by atoms with E-state index >= 15 is 0 Å². The first-order chi connectivity index (χ1) is 10.0. The summed E-state index contributed by atoms with van der Waals surface area (Å²) in [5, 5.41) is 8.85. The molecule has 0 unspecified atom stereocenters. The molecule has 6 heteroatoms. The molecule has 1 amide bonds. The molecule has 1 N–H and O–H groups in total. The van der Waals surface area contributed by atoms with Gasteiger partial charge in [0, 0.05) is 0 Å². The second kappa shape index (κ2) is 6.87. The molecular formula is C15H15NO3S2. The molecule has 0 radical (unpaired) electrons. The summed E-state index contributed by atoms with van der Waals surface area (Å²) in [5.41, 5.74) is 2.12. The summed E-state index contributed by atoms with van der Waals surface area (Å²) in [5.74, 6) is -1.35. The van der Waals surface area contributed by atoms with Crippen LogP contribution in [0.4, 0.5) is 0 Å². The van der Waals surface area contributed by atoms with E-state index in [4.69, 9.17) is 17.3 Å². The Bertz CT molecular complexity index is 611. The zero-order valence-electron chi connectivity index (χ0n) is 11.5. The van der Waals surface area contributed by atoms with Crippen LogP contribution in [0.15, 0.2) is 40.8 Å². The fraction of sp³-hybridized carbons (Fsp3) is 0.267. The van der Waals surface area contributed by atoms with E-state index in [0.717, 1.165) is 22.5 Å². The molecule has 0 spiro atoms. The van der Waals surface area contributed by atoms with Crippen LogP contribution >= 0.6 is 24.0 Å². The van der Waals surface area contributed by atoms with Crippen LogP contribution in [0.1, 0.15) is 18.9 Å². The molecule has 21 heavy (non-hydrogen) atoms. The molecule has 1 fully saturated rings. The highest BCUT2D eigenvalue weighted by molar-refractivity contribution is 8.26. The molecule has 1 aliphatic rings. The first kappa shape index (κ1) is 15.7. The van der Waals surface area contributed by atoms with E-state index in [9.17, 15) is 9.59 Å². The number of nitrogens with zero attached hydrogens (tertiary/aromatic N) is 1. The van der Waals surface area contributed by atoms with Crippen LogP contribution in [0.5, 0.6) is 0 Å². The molecule has 0 aromatic heterocycles. The van der Waals surface area contributed by atoms with Gasteiger partial charge in [0.15, 0.2) is 0 Å². The quantitative estimate of drug-likeness (QED) is 0.667. The van der Waals surface area contributed by atoms with E-state index in [-0.39, 0.29) is 12.5 Å². The van der Waals surface area contributed by atoms with Crippen molar-refractivity contribution in [3.63, 3.8) is 0 Å². The molecule has 4 nitrogen and oxygen atoms in total. The molecule has 0 bridgehead atoms. The lowest BCUT2D eigenvalue weighted by Crippen LogP contribution is -2.33. The van der Waals surface area contributed by atoms with Crippen LogP contribution in [0.2, 0.25) is 0 Å². The number of carboxylic acid groups (broad SMARTS) is 1. The Hall–Kier alpha value is -1.66. The first-order valence-corrected chi connectivity index (χ1v) is 7.76. The standard InChI is InChI=1S/C15H15NO3S2/c1-2-11(8-10-6-4-3-5-7-10)13-14(19)16(9-12(17)18)15(20)21-13/h3-7H,2,8-9H2,1H3,(H,17,18)/b13-11-. The number of carboxylic acids is 1. The van der Waals surface area contributed by atoms with Crippen molar-refractivity contribution in [2.75, 3.05) is 6.54 Å². The van der Waals surface area contributed by atoms with E-state index < -0.39 is 5.97 Å². The maximum absolute atomic E-state index is 12.3. The molecule has 1 aromatic rings. The lowest BCUT2D eigenvalue weighted by molar-refractivity contribution is -0.140. The van der Waals surface area contributed by atoms with Crippen molar-refractivity contribution in [3.8, 4) is 0 Å². The van der Waals surface area contributed by atoms with Crippen molar-refractivity contribution in [1.29, 1.82) is 0 Å². The number of benzene rings is 1. The van der Waals surface area contributed by atoms with Gasteiger partial charge in [0.25, 0.3) is 5.91 Å². The van der Waals surface area contributed by atoms with Crippen molar-refractivity contribution < 1.29 is 14.7 Å². The Labute approximate surface area is 132 Å². The van der Waals surface area contributed by atoms with Gasteiger partial charge >= 0.3 is 5.97 Å². The fourth-order valence-corrected chi connectivity index (χ4v) is 3.48. The average molecular weight is 321 g/mol. The first-order valence-electron chi connectivity index (χ1n) is 6.54. The Balaban J connectivity index is 2.26. The summed E-state index contributed by atoms with van der Waals surface area (Å²) in [6.45, 7) is 1.61. The molecule has 0 aliphatic carbocycles. The number of carbonyl (C=O) groups excluding carboxylic acids is 1. The van der Waals surface area contributed by atoms with Crippen molar-refractivity contribution in [3.05, 3.63) is 46.4 Å². The molecule has 1 heterocycles. The second-order valence-corrected chi connectivity index (χ2v) is 6.25. The van der Waals surface area contributed by atoms with E-state index in [0.29, 0.717) is 15.6 Å². The predicted molar refractivity (Wildman–Crippen MR) is 87.0 cm³/mol. The maximum Gasteiger partial charge on any atom is 0.323 e. The predicted octanol–water partition coefficient (Wildman–Crippen LogP) is 2.84. The van der Waals surface area contributed by atoms with Gasteiger partial charge in [-0.3, -0.25) is 14.5 Å². The minimum atomic E-state index is -1.06. The van der Waals surface area contributed by atoms with Crippen molar-refractivity contribution in [2.45, 2.75) is 19.8 Å². The maximum atomic E-state index is 12.3. The topological polar surface area (TPSA) is 57.6 Å². The molecule has 0 saturated carbocycles. The van der Waals surface area contributed by atoms with Crippen molar-refractivity contribution in [1.82, 2.24) is 4.90 Å². The lowest BCUT2D eigenvalue weighted by Gasteiger charge is -2.11. The Morgan fingerprint density at radius 1 is 1.33 bits per heavy atom. The van der Waals surface area contributed by atoms with Crippen molar-refractivity contribution >= 4 is 40.2 Å². The molecule has 1 saturated heterocycles. The number of hydrogen-bond acceptors (Lipinski definition) is 4. The number of amides is 1.